The molecule has 0 radical (unpaired) electrons. The van der Waals surface area contributed by atoms with E-state index in [0.29, 0.717) is 0 Å². The molecule has 0 aliphatic carbocycles. The highest BCUT2D eigenvalue weighted by Crippen LogP contribution is 2.05. The first-order valence-electron chi connectivity index (χ1n) is 7.45. The molecule has 132 valence electrons. The van der Waals surface area contributed by atoms with Gasteiger partial charge >= 0.3 is 11.9 Å². The molecular formula is C17H19N3O5. The summed E-state index contributed by atoms with van der Waals surface area (Å²) in [6, 6.07) is 6.73. The Balaban J connectivity index is 2.70. The number of benzene rings is 1. The van der Waals surface area contributed by atoms with Gasteiger partial charge in [-0.3, -0.25) is 4.79 Å². The van der Waals surface area contributed by atoms with Gasteiger partial charge in [-0.15, -0.1) is 0 Å². The smallest absolute Gasteiger partial charge is 0.335 e. The van der Waals surface area contributed by atoms with Gasteiger partial charge in [0.05, 0.1) is 5.56 Å². The SMILES string of the molecule is CC(C)C(NC(=O)/C(C#N)=C\NCc1ccc(C(=O)O)cc1)C(=O)O. The van der Waals surface area contributed by atoms with Gasteiger partial charge in [0.15, 0.2) is 0 Å². The van der Waals surface area contributed by atoms with Gasteiger partial charge in [0, 0.05) is 12.7 Å². The maximum Gasteiger partial charge on any atom is 0.335 e. The lowest BCUT2D eigenvalue weighted by Crippen LogP contribution is -2.44. The first kappa shape index (κ1) is 19.7. The van der Waals surface area contributed by atoms with Crippen LogP contribution in [0.3, 0.4) is 0 Å². The van der Waals surface area contributed by atoms with E-state index in [-0.39, 0.29) is 23.6 Å². The molecule has 0 aromatic heterocycles. The molecule has 0 bridgehead atoms. The van der Waals surface area contributed by atoms with Crippen LogP contribution < -0.4 is 10.6 Å². The Morgan fingerprint density at radius 3 is 2.24 bits per heavy atom. The number of carboxylic acids is 2. The van der Waals surface area contributed by atoms with Crippen molar-refractivity contribution in [1.82, 2.24) is 10.6 Å². The van der Waals surface area contributed by atoms with Gasteiger partial charge in [-0.1, -0.05) is 26.0 Å². The molecule has 1 atom stereocenters. The molecule has 0 fully saturated rings. The predicted molar refractivity (Wildman–Crippen MR) is 88.3 cm³/mol. The number of carbonyl (C=O) groups is 3. The standard InChI is InChI=1S/C17H19N3O5/c1-10(2)14(17(24)25)20-15(21)13(7-18)9-19-8-11-3-5-12(6-4-11)16(22)23/h3-6,9-10,14,19H,8H2,1-2H3,(H,20,21)(H,22,23)(H,24,25)/b13-9-. The van der Waals surface area contributed by atoms with Crippen LogP contribution in [0.15, 0.2) is 36.0 Å². The molecule has 4 N–H and O–H groups in total. The number of aromatic carboxylic acids is 1. The highest BCUT2D eigenvalue weighted by molar-refractivity contribution is 5.99. The Kier molecular flexibility index (Phi) is 7.16. The van der Waals surface area contributed by atoms with E-state index in [1.807, 2.05) is 0 Å². The van der Waals surface area contributed by atoms with Crippen LogP contribution in [0.25, 0.3) is 0 Å². The summed E-state index contributed by atoms with van der Waals surface area (Å²) in [6.07, 6.45) is 1.19. The fraction of sp³-hybridized carbons (Fsp3) is 0.294. The summed E-state index contributed by atoms with van der Waals surface area (Å²) in [5, 5.41) is 32.0. The molecular weight excluding hydrogens is 326 g/mol. The van der Waals surface area contributed by atoms with E-state index in [1.54, 1.807) is 32.0 Å². The van der Waals surface area contributed by atoms with Crippen LogP contribution in [0, 0.1) is 17.2 Å². The number of nitrogens with zero attached hydrogens (tertiary/aromatic N) is 1. The maximum atomic E-state index is 12.0. The van der Waals surface area contributed by atoms with Crippen molar-refractivity contribution in [3.05, 3.63) is 47.2 Å². The third kappa shape index (κ3) is 5.99. The zero-order valence-corrected chi connectivity index (χ0v) is 13.8. The minimum atomic E-state index is -1.17. The normalized spacial score (nSPS) is 12.2. The average Bonchev–Trinajstić information content (AvgIpc) is 2.56. The van der Waals surface area contributed by atoms with Crippen LogP contribution in [0.2, 0.25) is 0 Å². The van der Waals surface area contributed by atoms with Crippen LogP contribution in [-0.2, 0) is 16.1 Å². The summed E-state index contributed by atoms with van der Waals surface area (Å²) >= 11 is 0. The summed E-state index contributed by atoms with van der Waals surface area (Å²) in [5.74, 6) is -3.31. The molecule has 0 saturated carbocycles. The molecule has 0 heterocycles. The number of aliphatic carboxylic acids is 1. The van der Waals surface area contributed by atoms with Crippen LogP contribution in [0.1, 0.15) is 29.8 Å². The van der Waals surface area contributed by atoms with Gasteiger partial charge in [-0.2, -0.15) is 5.26 Å². The molecule has 1 aromatic rings. The highest BCUT2D eigenvalue weighted by atomic mass is 16.4. The number of nitrogens with one attached hydrogen (secondary N) is 2. The van der Waals surface area contributed by atoms with Crippen molar-refractivity contribution in [3.8, 4) is 6.07 Å². The summed E-state index contributed by atoms with van der Waals surface area (Å²) in [4.78, 5) is 33.8. The number of hydrogen-bond acceptors (Lipinski definition) is 5. The molecule has 8 nitrogen and oxygen atoms in total. The molecule has 8 heteroatoms. The van der Waals surface area contributed by atoms with Crippen molar-refractivity contribution in [1.29, 1.82) is 5.26 Å². The van der Waals surface area contributed by atoms with Crippen molar-refractivity contribution < 1.29 is 24.6 Å². The van der Waals surface area contributed by atoms with Gasteiger partial charge < -0.3 is 20.8 Å². The topological polar surface area (TPSA) is 140 Å². The largest absolute Gasteiger partial charge is 0.480 e. The van der Waals surface area contributed by atoms with Gasteiger partial charge in [0.2, 0.25) is 0 Å². The fourth-order valence-electron chi connectivity index (χ4n) is 1.92. The van der Waals surface area contributed by atoms with E-state index in [9.17, 15) is 14.4 Å². The first-order chi connectivity index (χ1) is 11.8. The average molecular weight is 345 g/mol. The zero-order chi connectivity index (χ0) is 19.0. The molecule has 1 amide bonds. The Bertz CT molecular complexity index is 717. The lowest BCUT2D eigenvalue weighted by Gasteiger charge is -2.17. The van der Waals surface area contributed by atoms with Gasteiger partial charge in [-0.25, -0.2) is 9.59 Å². The third-order valence-electron chi connectivity index (χ3n) is 3.34. The molecule has 1 unspecified atom stereocenters. The Morgan fingerprint density at radius 2 is 1.80 bits per heavy atom. The summed E-state index contributed by atoms with van der Waals surface area (Å²) in [6.45, 7) is 3.56. The fourth-order valence-corrected chi connectivity index (χ4v) is 1.92. The van der Waals surface area contributed by atoms with Crippen molar-refractivity contribution in [2.24, 2.45) is 5.92 Å². The van der Waals surface area contributed by atoms with Gasteiger partial charge in [-0.05, 0) is 23.6 Å². The second-order valence-electron chi connectivity index (χ2n) is 5.59. The Hall–Kier alpha value is -3.34. The second kappa shape index (κ2) is 9.08. The van der Waals surface area contributed by atoms with E-state index in [2.05, 4.69) is 10.6 Å². The number of amides is 1. The molecule has 1 aromatic carbocycles. The van der Waals surface area contributed by atoms with E-state index >= 15 is 0 Å². The molecule has 0 saturated heterocycles. The Morgan fingerprint density at radius 1 is 1.20 bits per heavy atom. The highest BCUT2D eigenvalue weighted by Gasteiger charge is 2.24. The van der Waals surface area contributed by atoms with Gasteiger partial charge in [0.1, 0.15) is 17.7 Å². The molecule has 25 heavy (non-hydrogen) atoms. The van der Waals surface area contributed by atoms with E-state index in [0.717, 1.165) is 5.56 Å². The number of carboxylic acid groups (broad SMARTS) is 2. The molecule has 0 spiro atoms. The number of rotatable bonds is 8. The van der Waals surface area contributed by atoms with Crippen molar-refractivity contribution >= 4 is 17.8 Å². The zero-order valence-electron chi connectivity index (χ0n) is 13.8. The van der Waals surface area contributed by atoms with E-state index < -0.39 is 23.9 Å². The molecule has 0 aliphatic rings. The monoisotopic (exact) mass is 345 g/mol. The Labute approximate surface area is 144 Å². The van der Waals surface area contributed by atoms with E-state index in [1.165, 1.54) is 18.3 Å². The predicted octanol–water partition coefficient (Wildman–Crippen LogP) is 1.11. The minimum absolute atomic E-state index is 0.157. The molecule has 0 aliphatic heterocycles. The summed E-state index contributed by atoms with van der Waals surface area (Å²) in [7, 11) is 0. The summed E-state index contributed by atoms with van der Waals surface area (Å²) in [5.41, 5.74) is 0.656. The lowest BCUT2D eigenvalue weighted by molar-refractivity contribution is -0.142. The van der Waals surface area contributed by atoms with Crippen LogP contribution in [0.4, 0.5) is 0 Å². The van der Waals surface area contributed by atoms with Crippen LogP contribution in [-0.4, -0.2) is 34.1 Å². The summed E-state index contributed by atoms with van der Waals surface area (Å²) < 4.78 is 0. The first-order valence-corrected chi connectivity index (χ1v) is 7.45. The lowest BCUT2D eigenvalue weighted by atomic mass is 10.0. The molecule has 1 rings (SSSR count). The number of nitriles is 1. The number of carbonyl (C=O) groups excluding carboxylic acids is 1. The quantitative estimate of drug-likeness (QED) is 0.409. The second-order valence-corrected chi connectivity index (χ2v) is 5.59. The third-order valence-corrected chi connectivity index (χ3v) is 3.34. The maximum absolute atomic E-state index is 12.0. The van der Waals surface area contributed by atoms with Gasteiger partial charge in [0.25, 0.3) is 5.91 Å². The minimum Gasteiger partial charge on any atom is -0.480 e. The van der Waals surface area contributed by atoms with Crippen LogP contribution in [0.5, 0.6) is 0 Å². The van der Waals surface area contributed by atoms with Crippen molar-refractivity contribution in [3.63, 3.8) is 0 Å². The number of hydrogen-bond donors (Lipinski definition) is 4. The van der Waals surface area contributed by atoms with Crippen molar-refractivity contribution in [2.45, 2.75) is 26.4 Å². The van der Waals surface area contributed by atoms with Crippen LogP contribution >= 0.6 is 0 Å². The van der Waals surface area contributed by atoms with E-state index in [4.69, 9.17) is 15.5 Å². The van der Waals surface area contributed by atoms with Crippen molar-refractivity contribution in [2.75, 3.05) is 0 Å².